The van der Waals surface area contributed by atoms with Gasteiger partial charge in [-0.3, -0.25) is 4.79 Å². The zero-order chi connectivity index (χ0) is 13.5. The average molecular weight is 260 g/mol. The molecule has 96 valence electrons. The van der Waals surface area contributed by atoms with E-state index in [1.54, 1.807) is 0 Å². The largest absolute Gasteiger partial charge is 0.356 e. The van der Waals surface area contributed by atoms with Gasteiger partial charge in [0.05, 0.1) is 6.61 Å². The van der Waals surface area contributed by atoms with Crippen molar-refractivity contribution >= 4 is 5.78 Å². The van der Waals surface area contributed by atoms with Gasteiger partial charge < -0.3 is 4.74 Å². The van der Waals surface area contributed by atoms with Crippen LogP contribution in [0.15, 0.2) is 48.5 Å². The summed E-state index contributed by atoms with van der Waals surface area (Å²) in [7, 11) is 0. The van der Waals surface area contributed by atoms with Crippen molar-refractivity contribution < 1.29 is 18.3 Å². The lowest BCUT2D eigenvalue weighted by atomic mass is 9.91. The van der Waals surface area contributed by atoms with E-state index in [9.17, 15) is 13.6 Å². The summed E-state index contributed by atoms with van der Waals surface area (Å²) < 4.78 is 31.0. The van der Waals surface area contributed by atoms with Crippen LogP contribution in [0.2, 0.25) is 0 Å². The van der Waals surface area contributed by atoms with E-state index in [4.69, 9.17) is 4.74 Å². The molecule has 1 atom stereocenters. The molecule has 1 aliphatic rings. The molecule has 2 aromatic carbocycles. The minimum Gasteiger partial charge on any atom is -0.356 e. The summed E-state index contributed by atoms with van der Waals surface area (Å²) in [6, 6.07) is 10.9. The van der Waals surface area contributed by atoms with Crippen molar-refractivity contribution in [2.24, 2.45) is 0 Å². The Morgan fingerprint density at radius 3 is 1.89 bits per heavy atom. The highest BCUT2D eigenvalue weighted by Gasteiger charge is 2.53. The van der Waals surface area contributed by atoms with Gasteiger partial charge in [0.15, 0.2) is 5.60 Å². The fraction of sp³-hybridized carbons (Fsp3) is 0.133. The number of halogens is 2. The smallest absolute Gasteiger partial charge is 0.201 e. The van der Waals surface area contributed by atoms with Crippen LogP contribution in [-0.2, 0) is 10.3 Å². The van der Waals surface area contributed by atoms with Crippen LogP contribution in [0.1, 0.15) is 15.9 Å². The molecular formula is C15H10F2O2. The molecule has 4 heteroatoms. The molecule has 0 bridgehead atoms. The first-order valence-corrected chi connectivity index (χ1v) is 5.82. The van der Waals surface area contributed by atoms with Crippen molar-refractivity contribution in [1.29, 1.82) is 0 Å². The zero-order valence-electron chi connectivity index (χ0n) is 9.90. The number of carbonyl (C=O) groups is 1. The lowest BCUT2D eigenvalue weighted by Gasteiger charge is -2.11. The van der Waals surface area contributed by atoms with E-state index >= 15 is 0 Å². The van der Waals surface area contributed by atoms with Crippen molar-refractivity contribution in [3.8, 4) is 0 Å². The van der Waals surface area contributed by atoms with Gasteiger partial charge in [-0.15, -0.1) is 0 Å². The number of rotatable bonds is 3. The van der Waals surface area contributed by atoms with Gasteiger partial charge in [0.1, 0.15) is 11.6 Å². The number of benzene rings is 2. The van der Waals surface area contributed by atoms with E-state index in [1.165, 1.54) is 48.5 Å². The van der Waals surface area contributed by atoms with Crippen LogP contribution in [-0.4, -0.2) is 12.4 Å². The van der Waals surface area contributed by atoms with Crippen LogP contribution >= 0.6 is 0 Å². The van der Waals surface area contributed by atoms with Crippen molar-refractivity contribution in [3.05, 3.63) is 71.3 Å². The minimum atomic E-state index is -1.04. The first-order chi connectivity index (χ1) is 9.12. The summed E-state index contributed by atoms with van der Waals surface area (Å²) >= 11 is 0. The van der Waals surface area contributed by atoms with E-state index in [0.717, 1.165) is 0 Å². The number of Topliss-reactive ketones (excluding diaryl/α,β-unsaturated/α-hetero) is 1. The molecule has 0 N–H and O–H groups in total. The van der Waals surface area contributed by atoms with Gasteiger partial charge in [-0.25, -0.2) is 8.78 Å². The van der Waals surface area contributed by atoms with E-state index < -0.39 is 11.4 Å². The summed E-state index contributed by atoms with van der Waals surface area (Å²) in [4.78, 5) is 12.4. The van der Waals surface area contributed by atoms with E-state index in [0.29, 0.717) is 11.1 Å². The van der Waals surface area contributed by atoms with Gasteiger partial charge in [-0.2, -0.15) is 0 Å². The Morgan fingerprint density at radius 1 is 0.947 bits per heavy atom. The second kappa shape index (κ2) is 4.24. The van der Waals surface area contributed by atoms with Gasteiger partial charge in [0.25, 0.3) is 0 Å². The highest BCUT2D eigenvalue weighted by atomic mass is 19.1. The molecule has 3 rings (SSSR count). The molecule has 1 saturated heterocycles. The molecule has 2 aromatic rings. The molecule has 0 spiro atoms. The fourth-order valence-corrected chi connectivity index (χ4v) is 2.05. The molecule has 0 saturated carbocycles. The lowest BCUT2D eigenvalue weighted by molar-refractivity contribution is 0.0870. The molecule has 1 aliphatic heterocycles. The predicted octanol–water partition coefficient (Wildman–Crippen LogP) is 3.07. The summed E-state index contributed by atoms with van der Waals surface area (Å²) in [5.74, 6) is -1.00. The second-order valence-corrected chi connectivity index (χ2v) is 4.46. The molecule has 1 heterocycles. The van der Waals surface area contributed by atoms with Crippen molar-refractivity contribution in [3.63, 3.8) is 0 Å². The van der Waals surface area contributed by atoms with E-state index in [2.05, 4.69) is 0 Å². The van der Waals surface area contributed by atoms with E-state index in [-0.39, 0.29) is 18.2 Å². The Balaban J connectivity index is 1.94. The first-order valence-electron chi connectivity index (χ1n) is 5.82. The number of hydrogen-bond acceptors (Lipinski definition) is 2. The van der Waals surface area contributed by atoms with Crippen molar-refractivity contribution in [1.82, 2.24) is 0 Å². The first kappa shape index (κ1) is 12.0. The maximum absolute atomic E-state index is 12.9. The van der Waals surface area contributed by atoms with Crippen molar-refractivity contribution in [2.75, 3.05) is 6.61 Å². The van der Waals surface area contributed by atoms with Gasteiger partial charge in [-0.1, -0.05) is 12.1 Å². The molecule has 0 radical (unpaired) electrons. The van der Waals surface area contributed by atoms with Crippen LogP contribution in [0.5, 0.6) is 0 Å². The topological polar surface area (TPSA) is 29.6 Å². The monoisotopic (exact) mass is 260 g/mol. The van der Waals surface area contributed by atoms with Gasteiger partial charge >= 0.3 is 0 Å². The fourth-order valence-electron chi connectivity index (χ4n) is 2.05. The summed E-state index contributed by atoms with van der Waals surface area (Å²) in [5.41, 5.74) is -0.0441. The number of ether oxygens (including phenoxy) is 1. The van der Waals surface area contributed by atoms with Crippen LogP contribution < -0.4 is 0 Å². The lowest BCUT2D eigenvalue weighted by Crippen LogP contribution is -2.22. The maximum Gasteiger partial charge on any atom is 0.201 e. The number of ketones is 1. The van der Waals surface area contributed by atoms with Gasteiger partial charge in [0.2, 0.25) is 5.78 Å². The molecular weight excluding hydrogens is 250 g/mol. The summed E-state index contributed by atoms with van der Waals surface area (Å²) in [5, 5.41) is 0. The number of epoxide rings is 1. The Bertz CT molecular complexity index is 614. The molecule has 1 fully saturated rings. The third kappa shape index (κ3) is 2.04. The van der Waals surface area contributed by atoms with Crippen LogP contribution in [0.4, 0.5) is 8.78 Å². The third-order valence-corrected chi connectivity index (χ3v) is 3.22. The van der Waals surface area contributed by atoms with Crippen molar-refractivity contribution in [2.45, 2.75) is 5.60 Å². The molecule has 1 unspecified atom stereocenters. The quantitative estimate of drug-likeness (QED) is 0.627. The predicted molar refractivity (Wildman–Crippen MR) is 64.8 cm³/mol. The minimum absolute atomic E-state index is 0.237. The molecule has 0 aliphatic carbocycles. The number of carbonyl (C=O) groups excluding carboxylic acids is 1. The highest BCUT2D eigenvalue weighted by Crippen LogP contribution is 2.41. The summed E-state index contributed by atoms with van der Waals surface area (Å²) in [6.07, 6.45) is 0. The zero-order valence-corrected chi connectivity index (χ0v) is 9.90. The summed E-state index contributed by atoms with van der Waals surface area (Å²) in [6.45, 7) is 0.259. The Morgan fingerprint density at radius 2 is 1.42 bits per heavy atom. The third-order valence-electron chi connectivity index (χ3n) is 3.22. The van der Waals surface area contributed by atoms with E-state index in [1.807, 2.05) is 0 Å². The Labute approximate surface area is 108 Å². The average Bonchev–Trinajstić information content (AvgIpc) is 3.21. The molecule has 19 heavy (non-hydrogen) atoms. The standard InChI is InChI=1S/C15H10F2O2/c16-12-5-1-10(2-6-12)14(18)15(9-19-15)11-3-7-13(17)8-4-11/h1-8H,9H2. The Kier molecular flexibility index (Phi) is 2.68. The van der Waals surface area contributed by atoms with Gasteiger partial charge in [-0.05, 0) is 42.0 Å². The van der Waals surface area contributed by atoms with Crippen LogP contribution in [0, 0.1) is 11.6 Å². The molecule has 0 amide bonds. The molecule has 0 aromatic heterocycles. The van der Waals surface area contributed by atoms with Crippen LogP contribution in [0.3, 0.4) is 0 Å². The molecule has 2 nitrogen and oxygen atoms in total. The Hall–Kier alpha value is -2.07. The second-order valence-electron chi connectivity index (χ2n) is 4.46. The highest BCUT2D eigenvalue weighted by molar-refractivity contribution is 6.04. The number of hydrogen-bond donors (Lipinski definition) is 0. The normalized spacial score (nSPS) is 21.2. The maximum atomic E-state index is 12.9. The SMILES string of the molecule is O=C(c1ccc(F)cc1)C1(c2ccc(F)cc2)CO1. The van der Waals surface area contributed by atoms with Gasteiger partial charge in [0, 0.05) is 5.56 Å². The van der Waals surface area contributed by atoms with Crippen LogP contribution in [0.25, 0.3) is 0 Å².